The molecule has 0 amide bonds. The molecule has 0 aliphatic rings. The number of aromatic nitrogens is 1. The van der Waals surface area contributed by atoms with Crippen molar-refractivity contribution in [2.45, 2.75) is 33.0 Å². The average molecular weight is 404 g/mol. The fourth-order valence-corrected chi connectivity index (χ4v) is 3.14. The van der Waals surface area contributed by atoms with Gasteiger partial charge in [-0.25, -0.2) is 0 Å². The van der Waals surface area contributed by atoms with Crippen molar-refractivity contribution < 1.29 is 9.26 Å². The largest absolute Gasteiger partial charge is 0.483 e. The van der Waals surface area contributed by atoms with Crippen molar-refractivity contribution in [3.8, 4) is 5.75 Å². The molecule has 6 heteroatoms. The molecular formula is C14H16Br2N2O2. The summed E-state index contributed by atoms with van der Waals surface area (Å²) in [5.74, 6) is 1.45. The fourth-order valence-electron chi connectivity index (χ4n) is 1.63. The summed E-state index contributed by atoms with van der Waals surface area (Å²) in [6.07, 6.45) is 1.60. The molecule has 0 bridgehead atoms. The summed E-state index contributed by atoms with van der Waals surface area (Å²) in [6.45, 7) is 5.41. The Kier molecular flexibility index (Phi) is 5.63. The van der Waals surface area contributed by atoms with Crippen molar-refractivity contribution in [2.75, 3.05) is 0 Å². The van der Waals surface area contributed by atoms with E-state index in [-0.39, 0.29) is 0 Å². The zero-order valence-corrected chi connectivity index (χ0v) is 14.5. The highest BCUT2D eigenvalue weighted by atomic mass is 79.9. The van der Waals surface area contributed by atoms with E-state index in [0.717, 1.165) is 21.2 Å². The van der Waals surface area contributed by atoms with Crippen molar-refractivity contribution in [2.24, 2.45) is 0 Å². The minimum atomic E-state index is 0.348. The minimum absolute atomic E-state index is 0.348. The van der Waals surface area contributed by atoms with Gasteiger partial charge >= 0.3 is 0 Å². The van der Waals surface area contributed by atoms with E-state index in [4.69, 9.17) is 9.26 Å². The maximum Gasteiger partial charge on any atom is 0.174 e. The maximum atomic E-state index is 5.74. The standard InChI is InChI=1S/C14H16Br2N2O2/c1-9(2)17-7-10-5-12(15)14(13(16)6-10)19-8-11-3-4-18-20-11/h3-6,9,17H,7-8H2,1-2H3. The van der Waals surface area contributed by atoms with Gasteiger partial charge in [0.05, 0.1) is 15.1 Å². The van der Waals surface area contributed by atoms with E-state index >= 15 is 0 Å². The second-order valence-corrected chi connectivity index (χ2v) is 6.40. The number of ether oxygens (including phenoxy) is 1. The lowest BCUT2D eigenvalue weighted by Gasteiger charge is -2.13. The van der Waals surface area contributed by atoms with Crippen molar-refractivity contribution >= 4 is 31.9 Å². The molecule has 1 N–H and O–H groups in total. The number of nitrogens with zero attached hydrogens (tertiary/aromatic N) is 1. The molecule has 0 saturated carbocycles. The first-order valence-corrected chi connectivity index (χ1v) is 7.88. The van der Waals surface area contributed by atoms with Crippen LogP contribution in [-0.2, 0) is 13.2 Å². The van der Waals surface area contributed by atoms with Crippen LogP contribution in [0.2, 0.25) is 0 Å². The average Bonchev–Trinajstić information content (AvgIpc) is 2.88. The molecule has 0 atom stereocenters. The van der Waals surface area contributed by atoms with Gasteiger partial charge < -0.3 is 14.6 Å². The van der Waals surface area contributed by atoms with E-state index in [1.807, 2.05) is 0 Å². The molecule has 0 fully saturated rings. The van der Waals surface area contributed by atoms with Gasteiger partial charge in [0, 0.05) is 18.7 Å². The Morgan fingerprint density at radius 3 is 2.55 bits per heavy atom. The SMILES string of the molecule is CC(C)NCc1cc(Br)c(OCc2ccno2)c(Br)c1. The Labute approximate surface area is 135 Å². The molecule has 0 saturated heterocycles. The number of halogens is 2. The lowest BCUT2D eigenvalue weighted by molar-refractivity contribution is 0.247. The smallest absolute Gasteiger partial charge is 0.174 e. The van der Waals surface area contributed by atoms with Crippen LogP contribution in [0.3, 0.4) is 0 Å². The quantitative estimate of drug-likeness (QED) is 0.781. The summed E-state index contributed by atoms with van der Waals surface area (Å²) in [4.78, 5) is 0. The molecule has 20 heavy (non-hydrogen) atoms. The van der Waals surface area contributed by atoms with E-state index in [2.05, 4.69) is 68.3 Å². The van der Waals surface area contributed by atoms with Gasteiger partial charge in [0.2, 0.25) is 0 Å². The van der Waals surface area contributed by atoms with Crippen molar-refractivity contribution in [1.29, 1.82) is 0 Å². The van der Waals surface area contributed by atoms with Gasteiger partial charge in [0.25, 0.3) is 0 Å². The Morgan fingerprint density at radius 1 is 1.30 bits per heavy atom. The van der Waals surface area contributed by atoms with Crippen LogP contribution in [0.4, 0.5) is 0 Å². The summed E-state index contributed by atoms with van der Waals surface area (Å²) < 4.78 is 12.6. The van der Waals surface area contributed by atoms with E-state index in [1.165, 1.54) is 5.56 Å². The predicted molar refractivity (Wildman–Crippen MR) is 84.7 cm³/mol. The number of hydrogen-bond donors (Lipinski definition) is 1. The number of benzene rings is 1. The second kappa shape index (κ2) is 7.24. The summed E-state index contributed by atoms with van der Waals surface area (Å²) in [5, 5.41) is 7.03. The normalized spacial score (nSPS) is 11.1. The van der Waals surface area contributed by atoms with Crippen LogP contribution in [0.25, 0.3) is 0 Å². The number of rotatable bonds is 6. The first kappa shape index (κ1) is 15.5. The second-order valence-electron chi connectivity index (χ2n) is 4.69. The van der Waals surface area contributed by atoms with E-state index in [9.17, 15) is 0 Å². The van der Waals surface area contributed by atoms with Crippen LogP contribution in [0.5, 0.6) is 5.75 Å². The summed E-state index contributed by atoms with van der Waals surface area (Å²) in [5.41, 5.74) is 1.18. The summed E-state index contributed by atoms with van der Waals surface area (Å²) in [7, 11) is 0. The van der Waals surface area contributed by atoms with E-state index in [1.54, 1.807) is 12.3 Å². The third kappa shape index (κ3) is 4.33. The highest BCUT2D eigenvalue weighted by molar-refractivity contribution is 9.11. The van der Waals surface area contributed by atoms with Gasteiger partial charge in [-0.15, -0.1) is 0 Å². The summed E-state index contributed by atoms with van der Waals surface area (Å²) in [6, 6.07) is 6.34. The van der Waals surface area contributed by atoms with Gasteiger partial charge in [-0.2, -0.15) is 0 Å². The molecule has 1 heterocycles. The zero-order chi connectivity index (χ0) is 14.5. The predicted octanol–water partition coefficient (Wildman–Crippen LogP) is 4.28. The first-order valence-electron chi connectivity index (χ1n) is 6.30. The van der Waals surface area contributed by atoms with Gasteiger partial charge in [-0.1, -0.05) is 19.0 Å². The van der Waals surface area contributed by atoms with Gasteiger partial charge in [0.1, 0.15) is 12.4 Å². The lowest BCUT2D eigenvalue weighted by atomic mass is 10.2. The molecule has 1 aromatic heterocycles. The van der Waals surface area contributed by atoms with Crippen molar-refractivity contribution in [3.63, 3.8) is 0 Å². The van der Waals surface area contributed by atoms with Crippen LogP contribution in [0, 0.1) is 0 Å². The molecule has 0 aliphatic heterocycles. The van der Waals surface area contributed by atoms with E-state index < -0.39 is 0 Å². The van der Waals surface area contributed by atoms with Crippen LogP contribution in [0.1, 0.15) is 25.2 Å². The Bertz CT molecular complexity index is 533. The Morgan fingerprint density at radius 2 is 2.00 bits per heavy atom. The van der Waals surface area contributed by atoms with Crippen LogP contribution in [0.15, 0.2) is 37.9 Å². The van der Waals surface area contributed by atoms with Crippen molar-refractivity contribution in [3.05, 3.63) is 44.7 Å². The molecular weight excluding hydrogens is 388 g/mol. The first-order chi connectivity index (χ1) is 9.56. The Balaban J connectivity index is 2.06. The Hall–Kier alpha value is -0.850. The molecule has 108 valence electrons. The van der Waals surface area contributed by atoms with Gasteiger partial charge in [-0.05, 0) is 49.6 Å². The molecule has 0 radical (unpaired) electrons. The topological polar surface area (TPSA) is 47.3 Å². The molecule has 0 aliphatic carbocycles. The van der Waals surface area contributed by atoms with Gasteiger partial charge in [0.15, 0.2) is 5.76 Å². The monoisotopic (exact) mass is 402 g/mol. The lowest BCUT2D eigenvalue weighted by Crippen LogP contribution is -2.21. The van der Waals surface area contributed by atoms with E-state index in [0.29, 0.717) is 18.4 Å². The van der Waals surface area contributed by atoms with Crippen LogP contribution >= 0.6 is 31.9 Å². The fraction of sp³-hybridized carbons (Fsp3) is 0.357. The number of nitrogens with one attached hydrogen (secondary N) is 1. The highest BCUT2D eigenvalue weighted by Gasteiger charge is 2.10. The molecule has 1 aromatic carbocycles. The number of hydrogen-bond acceptors (Lipinski definition) is 4. The minimum Gasteiger partial charge on any atom is -0.483 e. The van der Waals surface area contributed by atoms with Crippen LogP contribution < -0.4 is 10.1 Å². The molecule has 0 spiro atoms. The molecule has 2 rings (SSSR count). The van der Waals surface area contributed by atoms with Crippen LogP contribution in [-0.4, -0.2) is 11.2 Å². The third-order valence-electron chi connectivity index (χ3n) is 2.62. The highest BCUT2D eigenvalue weighted by Crippen LogP contribution is 2.35. The summed E-state index contributed by atoms with van der Waals surface area (Å²) >= 11 is 7.08. The zero-order valence-electron chi connectivity index (χ0n) is 11.3. The van der Waals surface area contributed by atoms with Crippen molar-refractivity contribution in [1.82, 2.24) is 10.5 Å². The maximum absolute atomic E-state index is 5.74. The molecule has 0 unspecified atom stereocenters. The molecule has 2 aromatic rings. The van der Waals surface area contributed by atoms with Gasteiger partial charge in [-0.3, -0.25) is 0 Å². The molecule has 4 nitrogen and oxygen atoms in total. The third-order valence-corrected chi connectivity index (χ3v) is 3.80.